The zero-order valence-corrected chi connectivity index (χ0v) is 10.1. The van der Waals surface area contributed by atoms with E-state index in [2.05, 4.69) is 15.9 Å². The van der Waals surface area contributed by atoms with Crippen molar-refractivity contribution >= 4 is 56.5 Å². The van der Waals surface area contributed by atoms with E-state index in [-0.39, 0.29) is 16.1 Å². The van der Waals surface area contributed by atoms with Crippen LogP contribution in [0.25, 0.3) is 0 Å². The standard InChI is InChI=1S/C8H4BrCl3O/c9-3-7(13)4-1-5(10)8(12)6(11)2-4/h1-2H,3H2. The number of hydrogen-bond acceptors (Lipinski definition) is 1. The number of carbonyl (C=O) groups excluding carboxylic acids is 1. The molecule has 5 heteroatoms. The minimum absolute atomic E-state index is 0.0829. The van der Waals surface area contributed by atoms with E-state index in [0.717, 1.165) is 0 Å². The van der Waals surface area contributed by atoms with Crippen molar-refractivity contribution in [3.8, 4) is 0 Å². The highest BCUT2D eigenvalue weighted by Crippen LogP contribution is 2.31. The summed E-state index contributed by atoms with van der Waals surface area (Å²) in [7, 11) is 0. The van der Waals surface area contributed by atoms with Crippen LogP contribution in [0.15, 0.2) is 12.1 Å². The van der Waals surface area contributed by atoms with Gasteiger partial charge in [0.2, 0.25) is 0 Å². The maximum absolute atomic E-state index is 11.2. The van der Waals surface area contributed by atoms with Gasteiger partial charge >= 0.3 is 0 Å². The molecule has 0 heterocycles. The third-order valence-corrected chi connectivity index (χ3v) is 3.13. The molecule has 0 aliphatic heterocycles. The molecule has 0 spiro atoms. The van der Waals surface area contributed by atoms with Crippen LogP contribution >= 0.6 is 50.7 Å². The van der Waals surface area contributed by atoms with Gasteiger partial charge in [-0.3, -0.25) is 4.79 Å². The Morgan fingerprint density at radius 2 is 1.69 bits per heavy atom. The molecule has 0 saturated carbocycles. The van der Waals surface area contributed by atoms with Gasteiger partial charge in [0.1, 0.15) is 0 Å². The van der Waals surface area contributed by atoms with Crippen molar-refractivity contribution in [2.24, 2.45) is 0 Å². The monoisotopic (exact) mass is 300 g/mol. The van der Waals surface area contributed by atoms with Crippen LogP contribution in [0.1, 0.15) is 10.4 Å². The van der Waals surface area contributed by atoms with Gasteiger partial charge in [0, 0.05) is 5.56 Å². The molecule has 0 bridgehead atoms. The van der Waals surface area contributed by atoms with Gasteiger partial charge in [-0.1, -0.05) is 50.7 Å². The molecule has 0 aliphatic rings. The van der Waals surface area contributed by atoms with Crippen LogP contribution < -0.4 is 0 Å². The Labute approximate surface area is 99.1 Å². The summed E-state index contributed by atoms with van der Waals surface area (Å²) in [6.07, 6.45) is 0. The third kappa shape index (κ3) is 2.59. The van der Waals surface area contributed by atoms with Gasteiger partial charge in [-0.2, -0.15) is 0 Å². The molecule has 1 aromatic carbocycles. The van der Waals surface area contributed by atoms with Gasteiger partial charge in [0.25, 0.3) is 0 Å². The van der Waals surface area contributed by atoms with Crippen LogP contribution in [0.4, 0.5) is 0 Å². The number of benzene rings is 1. The summed E-state index contributed by atoms with van der Waals surface area (Å²) in [5.74, 6) is -0.0829. The average Bonchev–Trinajstić information content (AvgIpc) is 2.12. The summed E-state index contributed by atoms with van der Waals surface area (Å²) in [5, 5.41) is 1.09. The number of alkyl halides is 1. The van der Waals surface area contributed by atoms with Crippen molar-refractivity contribution in [2.45, 2.75) is 0 Å². The molecular weight excluding hydrogens is 298 g/mol. The van der Waals surface area contributed by atoms with E-state index in [1.807, 2.05) is 0 Å². The predicted molar refractivity (Wildman–Crippen MR) is 59.6 cm³/mol. The summed E-state index contributed by atoms with van der Waals surface area (Å²) in [6.45, 7) is 0. The van der Waals surface area contributed by atoms with Crippen LogP contribution in [0.3, 0.4) is 0 Å². The van der Waals surface area contributed by atoms with Crippen LogP contribution in [0.2, 0.25) is 15.1 Å². The van der Waals surface area contributed by atoms with Crippen LogP contribution in [-0.2, 0) is 0 Å². The molecule has 13 heavy (non-hydrogen) atoms. The van der Waals surface area contributed by atoms with E-state index in [0.29, 0.717) is 15.6 Å². The zero-order chi connectivity index (χ0) is 10.0. The normalized spacial score (nSPS) is 10.2. The highest BCUT2D eigenvalue weighted by molar-refractivity contribution is 9.09. The molecule has 0 amide bonds. The summed E-state index contributed by atoms with van der Waals surface area (Å²) in [6, 6.07) is 3.00. The molecule has 70 valence electrons. The van der Waals surface area contributed by atoms with Crippen LogP contribution in [0.5, 0.6) is 0 Å². The molecule has 0 aliphatic carbocycles. The van der Waals surface area contributed by atoms with Crippen LogP contribution in [-0.4, -0.2) is 11.1 Å². The quantitative estimate of drug-likeness (QED) is 0.454. The molecule has 0 radical (unpaired) electrons. The molecule has 1 rings (SSSR count). The second-order valence-corrected chi connectivity index (χ2v) is 4.06. The average molecular weight is 302 g/mol. The Kier molecular flexibility index (Phi) is 4.05. The Bertz CT molecular complexity index is 328. The fourth-order valence-electron chi connectivity index (χ4n) is 0.794. The lowest BCUT2D eigenvalue weighted by Crippen LogP contribution is -1.99. The summed E-state index contributed by atoms with van der Waals surface area (Å²) in [4.78, 5) is 11.2. The van der Waals surface area contributed by atoms with E-state index in [4.69, 9.17) is 34.8 Å². The van der Waals surface area contributed by atoms with Crippen molar-refractivity contribution in [1.82, 2.24) is 0 Å². The molecule has 0 atom stereocenters. The van der Waals surface area contributed by atoms with Crippen molar-refractivity contribution in [3.05, 3.63) is 32.8 Å². The third-order valence-electron chi connectivity index (χ3n) is 1.43. The van der Waals surface area contributed by atoms with Gasteiger partial charge in [0.15, 0.2) is 5.78 Å². The number of hydrogen-bond donors (Lipinski definition) is 0. The topological polar surface area (TPSA) is 17.1 Å². The van der Waals surface area contributed by atoms with E-state index in [1.54, 1.807) is 0 Å². The Morgan fingerprint density at radius 1 is 1.23 bits per heavy atom. The second kappa shape index (κ2) is 4.65. The van der Waals surface area contributed by atoms with E-state index in [9.17, 15) is 4.79 Å². The highest BCUT2D eigenvalue weighted by Gasteiger charge is 2.10. The van der Waals surface area contributed by atoms with Crippen molar-refractivity contribution in [1.29, 1.82) is 0 Å². The first-order valence-corrected chi connectivity index (χ1v) is 5.55. The first-order chi connectivity index (χ1) is 6.06. The molecule has 0 aromatic heterocycles. The molecule has 0 saturated heterocycles. The lowest BCUT2D eigenvalue weighted by Gasteiger charge is -2.02. The number of halogens is 4. The predicted octanol–water partition coefficient (Wildman–Crippen LogP) is 4.22. The number of carbonyl (C=O) groups is 1. The van der Waals surface area contributed by atoms with Gasteiger partial charge in [-0.25, -0.2) is 0 Å². The van der Waals surface area contributed by atoms with Gasteiger partial charge < -0.3 is 0 Å². The molecular formula is C8H4BrCl3O. The van der Waals surface area contributed by atoms with Crippen LogP contribution in [0, 0.1) is 0 Å². The van der Waals surface area contributed by atoms with E-state index >= 15 is 0 Å². The molecule has 0 unspecified atom stereocenters. The number of Topliss-reactive ketones (excluding diaryl/α,β-unsaturated/α-hetero) is 1. The van der Waals surface area contributed by atoms with E-state index < -0.39 is 0 Å². The van der Waals surface area contributed by atoms with E-state index in [1.165, 1.54) is 12.1 Å². The van der Waals surface area contributed by atoms with Crippen molar-refractivity contribution in [2.75, 3.05) is 5.33 Å². The number of ketones is 1. The molecule has 0 fully saturated rings. The summed E-state index contributed by atoms with van der Waals surface area (Å²) in [5.41, 5.74) is 0.455. The molecule has 1 nitrogen and oxygen atoms in total. The minimum atomic E-state index is -0.0829. The Balaban J connectivity index is 3.20. The fraction of sp³-hybridized carbons (Fsp3) is 0.125. The fourth-order valence-corrected chi connectivity index (χ4v) is 1.71. The maximum Gasteiger partial charge on any atom is 0.173 e. The second-order valence-electron chi connectivity index (χ2n) is 2.31. The molecule has 0 N–H and O–H groups in total. The smallest absolute Gasteiger partial charge is 0.173 e. The first kappa shape index (κ1) is 11.3. The number of rotatable bonds is 2. The summed E-state index contributed by atoms with van der Waals surface area (Å²) >= 11 is 20.2. The van der Waals surface area contributed by atoms with Crippen molar-refractivity contribution < 1.29 is 4.79 Å². The lowest BCUT2D eigenvalue weighted by atomic mass is 10.1. The van der Waals surface area contributed by atoms with Gasteiger partial charge in [-0.15, -0.1) is 0 Å². The largest absolute Gasteiger partial charge is 0.293 e. The lowest BCUT2D eigenvalue weighted by molar-refractivity contribution is 0.102. The SMILES string of the molecule is O=C(CBr)c1cc(Cl)c(Cl)c(Cl)c1. The Morgan fingerprint density at radius 3 is 2.08 bits per heavy atom. The van der Waals surface area contributed by atoms with Gasteiger partial charge in [-0.05, 0) is 12.1 Å². The van der Waals surface area contributed by atoms with Crippen molar-refractivity contribution in [3.63, 3.8) is 0 Å². The first-order valence-electron chi connectivity index (χ1n) is 3.30. The molecule has 1 aromatic rings. The highest BCUT2D eigenvalue weighted by atomic mass is 79.9. The maximum atomic E-state index is 11.2. The van der Waals surface area contributed by atoms with Gasteiger partial charge in [0.05, 0.1) is 20.4 Å². The Hall–Kier alpha value is 0.240. The minimum Gasteiger partial charge on any atom is -0.293 e. The summed E-state index contributed by atoms with van der Waals surface area (Å²) < 4.78 is 0. The zero-order valence-electron chi connectivity index (χ0n) is 6.28.